The van der Waals surface area contributed by atoms with E-state index in [-0.39, 0.29) is 6.09 Å². The van der Waals surface area contributed by atoms with Gasteiger partial charge in [0.05, 0.1) is 30.0 Å². The van der Waals surface area contributed by atoms with Crippen LogP contribution in [-0.4, -0.2) is 56.5 Å². The second kappa shape index (κ2) is 9.08. The van der Waals surface area contributed by atoms with Gasteiger partial charge in [-0.2, -0.15) is 5.10 Å². The second-order valence-corrected chi connectivity index (χ2v) is 10.6. The molecule has 3 aromatic heterocycles. The first-order chi connectivity index (χ1) is 17.1. The Hall–Kier alpha value is -3.68. The van der Waals surface area contributed by atoms with Crippen molar-refractivity contribution in [2.24, 2.45) is 7.05 Å². The normalized spacial score (nSPS) is 15.0. The maximum atomic E-state index is 12.4. The maximum Gasteiger partial charge on any atom is 0.410 e. The summed E-state index contributed by atoms with van der Waals surface area (Å²) in [5, 5.41) is 6.65. The average Bonchev–Trinajstić information content (AvgIpc) is 3.23. The number of carbonyl (C=O) groups is 1. The Morgan fingerprint density at radius 2 is 1.86 bits per heavy atom. The zero-order chi connectivity index (χ0) is 25.6. The molecule has 0 atom stereocenters. The molecule has 0 aliphatic carbocycles. The number of benzene rings is 1. The molecule has 0 bridgehead atoms. The lowest BCUT2D eigenvalue weighted by molar-refractivity contribution is 0.0204. The second-order valence-electron chi connectivity index (χ2n) is 10.6. The molecule has 1 aromatic carbocycles. The van der Waals surface area contributed by atoms with E-state index in [0.29, 0.717) is 19.0 Å². The highest BCUT2D eigenvalue weighted by atomic mass is 16.6. The summed E-state index contributed by atoms with van der Waals surface area (Å²) < 4.78 is 13.1. The van der Waals surface area contributed by atoms with Crippen molar-refractivity contribution in [1.82, 2.24) is 24.6 Å². The standard InChI is InChI=1S/C28H33N5O3/c1-17-25-20(16-32(5)31-25)13-21(26(17)35-6)23-14-19-7-8-22(30-24(19)15-29-23)18-9-11-33(12-10-18)27(34)36-28(2,3)4/h7-8,13-16,18H,9-12H2,1-6H3. The molecule has 188 valence electrons. The molecule has 8 nitrogen and oxygen atoms in total. The van der Waals surface area contributed by atoms with E-state index >= 15 is 0 Å². The van der Waals surface area contributed by atoms with Gasteiger partial charge in [0, 0.05) is 59.8 Å². The van der Waals surface area contributed by atoms with Gasteiger partial charge in [0.25, 0.3) is 0 Å². The number of pyridine rings is 2. The zero-order valence-electron chi connectivity index (χ0n) is 21.8. The van der Waals surface area contributed by atoms with Crippen molar-refractivity contribution in [2.45, 2.75) is 52.1 Å². The third-order valence-corrected chi connectivity index (χ3v) is 6.74. The Labute approximate surface area is 211 Å². The zero-order valence-corrected chi connectivity index (χ0v) is 21.8. The largest absolute Gasteiger partial charge is 0.496 e. The number of hydrogen-bond acceptors (Lipinski definition) is 6. The number of piperidine rings is 1. The van der Waals surface area contributed by atoms with E-state index in [9.17, 15) is 4.79 Å². The van der Waals surface area contributed by atoms with Gasteiger partial charge >= 0.3 is 6.09 Å². The van der Waals surface area contributed by atoms with Crippen molar-refractivity contribution >= 4 is 27.9 Å². The third kappa shape index (κ3) is 4.59. The van der Waals surface area contributed by atoms with Crippen LogP contribution in [0.25, 0.3) is 33.1 Å². The lowest BCUT2D eigenvalue weighted by atomic mass is 9.93. The topological polar surface area (TPSA) is 82.4 Å². The number of rotatable bonds is 3. The van der Waals surface area contributed by atoms with Crippen LogP contribution in [0.3, 0.4) is 0 Å². The molecule has 36 heavy (non-hydrogen) atoms. The van der Waals surface area contributed by atoms with Crippen LogP contribution in [0, 0.1) is 6.92 Å². The molecule has 4 aromatic rings. The number of likely N-dealkylation sites (tertiary alicyclic amines) is 1. The Morgan fingerprint density at radius 1 is 1.11 bits per heavy atom. The van der Waals surface area contributed by atoms with Crippen LogP contribution >= 0.6 is 0 Å². The molecule has 0 unspecified atom stereocenters. The number of aromatic nitrogens is 4. The van der Waals surface area contributed by atoms with Crippen molar-refractivity contribution in [2.75, 3.05) is 20.2 Å². The molecule has 0 saturated carbocycles. The van der Waals surface area contributed by atoms with E-state index in [1.165, 1.54) is 0 Å². The van der Waals surface area contributed by atoms with Crippen LogP contribution in [0.1, 0.15) is 50.8 Å². The van der Waals surface area contributed by atoms with Gasteiger partial charge in [0.2, 0.25) is 0 Å². The van der Waals surface area contributed by atoms with Crippen LogP contribution < -0.4 is 4.74 Å². The van der Waals surface area contributed by atoms with Crippen LogP contribution in [-0.2, 0) is 11.8 Å². The number of aryl methyl sites for hydroxylation is 2. The lowest BCUT2D eigenvalue weighted by Gasteiger charge is -2.33. The Bertz CT molecular complexity index is 1450. The highest BCUT2D eigenvalue weighted by molar-refractivity contribution is 5.92. The van der Waals surface area contributed by atoms with Crippen LogP contribution in [0.15, 0.2) is 36.7 Å². The lowest BCUT2D eigenvalue weighted by Crippen LogP contribution is -2.41. The van der Waals surface area contributed by atoms with Crippen molar-refractivity contribution in [3.05, 3.63) is 47.9 Å². The van der Waals surface area contributed by atoms with Gasteiger partial charge in [0.15, 0.2) is 0 Å². The Kier molecular flexibility index (Phi) is 6.06. The molecule has 5 rings (SSSR count). The quantitative estimate of drug-likeness (QED) is 0.373. The molecular weight excluding hydrogens is 454 g/mol. The fourth-order valence-corrected chi connectivity index (χ4v) is 4.99. The van der Waals surface area contributed by atoms with Crippen LogP contribution in [0.2, 0.25) is 0 Å². The molecule has 8 heteroatoms. The number of fused-ring (bicyclic) bond motifs is 2. The van der Waals surface area contributed by atoms with E-state index in [4.69, 9.17) is 19.4 Å². The predicted octanol–water partition coefficient (Wildman–Crippen LogP) is 5.62. The number of carbonyl (C=O) groups excluding carboxylic acids is 1. The van der Waals surface area contributed by atoms with Gasteiger partial charge in [-0.1, -0.05) is 6.07 Å². The minimum absolute atomic E-state index is 0.237. The minimum atomic E-state index is -0.480. The van der Waals surface area contributed by atoms with Gasteiger partial charge in [-0.05, 0) is 58.7 Å². The maximum absolute atomic E-state index is 12.4. The fraction of sp³-hybridized carbons (Fsp3) is 0.429. The van der Waals surface area contributed by atoms with Crippen LogP contribution in [0.5, 0.6) is 5.75 Å². The van der Waals surface area contributed by atoms with Crippen LogP contribution in [0.4, 0.5) is 4.79 Å². The van der Waals surface area contributed by atoms with Gasteiger partial charge in [0.1, 0.15) is 11.4 Å². The number of ether oxygens (including phenoxy) is 2. The number of amides is 1. The molecule has 4 heterocycles. The summed E-state index contributed by atoms with van der Waals surface area (Å²) in [5.41, 5.74) is 5.15. The molecule has 0 spiro atoms. The highest BCUT2D eigenvalue weighted by Crippen LogP contribution is 2.38. The first-order valence-corrected chi connectivity index (χ1v) is 12.4. The summed E-state index contributed by atoms with van der Waals surface area (Å²) in [4.78, 5) is 23.9. The number of methoxy groups -OCH3 is 1. The van der Waals surface area contributed by atoms with Gasteiger partial charge in [-0.15, -0.1) is 0 Å². The molecule has 1 aliphatic rings. The summed E-state index contributed by atoms with van der Waals surface area (Å²) >= 11 is 0. The summed E-state index contributed by atoms with van der Waals surface area (Å²) in [5.74, 6) is 1.10. The van der Waals surface area contributed by atoms with E-state index in [1.54, 1.807) is 12.0 Å². The fourth-order valence-electron chi connectivity index (χ4n) is 4.99. The average molecular weight is 488 g/mol. The summed E-state index contributed by atoms with van der Waals surface area (Å²) in [6, 6.07) is 8.37. The highest BCUT2D eigenvalue weighted by Gasteiger charge is 2.28. The summed E-state index contributed by atoms with van der Waals surface area (Å²) in [7, 11) is 3.61. The SMILES string of the molecule is COc1c(-c2cc3ccc(C4CCN(C(=O)OC(C)(C)C)CC4)nc3cn2)cc2cn(C)nc2c1C. The molecule has 0 N–H and O–H groups in total. The van der Waals surface area contributed by atoms with E-state index in [2.05, 4.69) is 29.4 Å². The molecule has 1 aliphatic heterocycles. The molecular formula is C28H33N5O3. The minimum Gasteiger partial charge on any atom is -0.496 e. The monoisotopic (exact) mass is 487 g/mol. The third-order valence-electron chi connectivity index (χ3n) is 6.74. The van der Waals surface area contributed by atoms with Crippen molar-refractivity contribution in [3.63, 3.8) is 0 Å². The molecule has 0 radical (unpaired) electrons. The molecule has 1 saturated heterocycles. The van der Waals surface area contributed by atoms with Crippen molar-refractivity contribution in [1.29, 1.82) is 0 Å². The van der Waals surface area contributed by atoms with Gasteiger partial charge in [-0.25, -0.2) is 4.79 Å². The van der Waals surface area contributed by atoms with Gasteiger partial charge in [-0.3, -0.25) is 14.6 Å². The van der Waals surface area contributed by atoms with Crippen molar-refractivity contribution < 1.29 is 14.3 Å². The number of hydrogen-bond donors (Lipinski definition) is 0. The first kappa shape index (κ1) is 24.0. The Balaban J connectivity index is 1.38. The van der Waals surface area contributed by atoms with E-state index in [0.717, 1.165) is 62.9 Å². The molecule has 1 fully saturated rings. The van der Waals surface area contributed by atoms with Gasteiger partial charge < -0.3 is 14.4 Å². The smallest absolute Gasteiger partial charge is 0.410 e. The van der Waals surface area contributed by atoms with E-state index < -0.39 is 5.60 Å². The Morgan fingerprint density at radius 3 is 2.56 bits per heavy atom. The summed E-state index contributed by atoms with van der Waals surface area (Å²) in [6.07, 6.45) is 5.34. The predicted molar refractivity (Wildman–Crippen MR) is 140 cm³/mol. The van der Waals surface area contributed by atoms with Crippen molar-refractivity contribution in [3.8, 4) is 17.0 Å². The number of nitrogens with zero attached hydrogens (tertiary/aromatic N) is 5. The first-order valence-electron chi connectivity index (χ1n) is 12.4. The van der Waals surface area contributed by atoms with E-state index in [1.807, 2.05) is 51.8 Å². The molecule has 1 amide bonds. The summed E-state index contributed by atoms with van der Waals surface area (Å²) in [6.45, 7) is 9.05.